The van der Waals surface area contributed by atoms with Crippen molar-refractivity contribution in [3.8, 4) is 23.3 Å². The van der Waals surface area contributed by atoms with Crippen LogP contribution in [0.5, 0.6) is 17.2 Å². The van der Waals surface area contributed by atoms with E-state index in [1.165, 1.54) is 62.6 Å². The molecule has 2 aromatic rings. The fourth-order valence-corrected chi connectivity index (χ4v) is 2.73. The zero-order valence-electron chi connectivity index (χ0n) is 16.8. The second-order valence-corrected chi connectivity index (χ2v) is 5.89. The molecular weight excluding hydrogens is 395 g/mol. The van der Waals surface area contributed by atoms with Crippen LogP contribution in [0.1, 0.15) is 16.8 Å². The summed E-state index contributed by atoms with van der Waals surface area (Å²) in [5.74, 6) is -1.15. The van der Waals surface area contributed by atoms with Crippen LogP contribution in [0.15, 0.2) is 36.4 Å². The molecule has 0 unspecified atom stereocenters. The highest BCUT2D eigenvalue weighted by molar-refractivity contribution is 5.98. The highest BCUT2D eigenvalue weighted by Gasteiger charge is 2.24. The Hall–Kier alpha value is -3.80. The third-order valence-electron chi connectivity index (χ3n) is 4.14. The monoisotopic (exact) mass is 416 g/mol. The van der Waals surface area contributed by atoms with E-state index in [4.69, 9.17) is 24.2 Å². The van der Waals surface area contributed by atoms with Crippen LogP contribution in [0.3, 0.4) is 0 Å². The molecule has 9 heteroatoms. The number of halogens is 1. The lowest BCUT2D eigenvalue weighted by Crippen LogP contribution is -2.35. The molecule has 8 nitrogen and oxygen atoms in total. The number of hydrogen-bond donors (Lipinski definition) is 0. The van der Waals surface area contributed by atoms with Crippen LogP contribution in [0, 0.1) is 17.1 Å². The molecule has 2 rings (SSSR count). The van der Waals surface area contributed by atoms with Gasteiger partial charge >= 0.3 is 5.97 Å². The molecule has 0 bridgehead atoms. The number of ether oxygens (including phenoxy) is 4. The van der Waals surface area contributed by atoms with Gasteiger partial charge in [-0.2, -0.15) is 5.26 Å². The normalized spacial score (nSPS) is 9.97. The molecule has 30 heavy (non-hydrogen) atoms. The lowest BCUT2D eigenvalue weighted by atomic mass is 10.1. The van der Waals surface area contributed by atoms with E-state index < -0.39 is 24.3 Å². The Balaban J connectivity index is 2.18. The summed E-state index contributed by atoms with van der Waals surface area (Å²) in [5.41, 5.74) is 0.435. The first kappa shape index (κ1) is 22.5. The molecule has 0 aliphatic carbocycles. The first-order chi connectivity index (χ1) is 14.5. The molecule has 0 atom stereocenters. The van der Waals surface area contributed by atoms with Crippen LogP contribution in [-0.2, 0) is 9.53 Å². The maximum atomic E-state index is 13.2. The largest absolute Gasteiger partial charge is 0.493 e. The van der Waals surface area contributed by atoms with E-state index in [1.807, 2.05) is 6.07 Å². The molecule has 0 spiro atoms. The summed E-state index contributed by atoms with van der Waals surface area (Å²) in [6.07, 6.45) is 0.0561. The molecule has 0 radical (unpaired) electrons. The molecule has 0 aliphatic heterocycles. The van der Waals surface area contributed by atoms with Gasteiger partial charge in [0.2, 0.25) is 5.75 Å². The average Bonchev–Trinajstić information content (AvgIpc) is 2.77. The highest BCUT2D eigenvalue weighted by atomic mass is 19.1. The minimum atomic E-state index is -0.805. The number of nitriles is 1. The molecule has 0 aromatic heterocycles. The lowest BCUT2D eigenvalue weighted by Gasteiger charge is -2.22. The van der Waals surface area contributed by atoms with Gasteiger partial charge in [0.15, 0.2) is 18.1 Å². The van der Waals surface area contributed by atoms with Gasteiger partial charge in [-0.15, -0.1) is 0 Å². The van der Waals surface area contributed by atoms with Crippen molar-refractivity contribution in [2.45, 2.75) is 6.42 Å². The number of rotatable bonds is 9. The van der Waals surface area contributed by atoms with Crippen LogP contribution < -0.4 is 19.1 Å². The third-order valence-corrected chi connectivity index (χ3v) is 4.14. The predicted octanol–water partition coefficient (Wildman–Crippen LogP) is 2.96. The Labute approximate surface area is 173 Å². The first-order valence-electron chi connectivity index (χ1n) is 8.85. The molecule has 0 saturated carbocycles. The van der Waals surface area contributed by atoms with Crippen molar-refractivity contribution < 1.29 is 32.9 Å². The Kier molecular flexibility index (Phi) is 7.99. The molecule has 0 N–H and O–H groups in total. The van der Waals surface area contributed by atoms with Crippen molar-refractivity contribution in [1.29, 1.82) is 5.26 Å². The van der Waals surface area contributed by atoms with Gasteiger partial charge in [-0.1, -0.05) is 0 Å². The van der Waals surface area contributed by atoms with Gasteiger partial charge in [0.25, 0.3) is 5.91 Å². The predicted molar refractivity (Wildman–Crippen MR) is 105 cm³/mol. The molecule has 1 amide bonds. The molecule has 0 saturated heterocycles. The zero-order chi connectivity index (χ0) is 22.1. The van der Waals surface area contributed by atoms with Crippen LogP contribution in [0.25, 0.3) is 0 Å². The van der Waals surface area contributed by atoms with Gasteiger partial charge in [0, 0.05) is 12.2 Å². The quantitative estimate of drug-likeness (QED) is 0.580. The average molecular weight is 416 g/mol. The van der Waals surface area contributed by atoms with Crippen LogP contribution in [-0.4, -0.2) is 46.4 Å². The Morgan fingerprint density at radius 1 is 1.00 bits per heavy atom. The van der Waals surface area contributed by atoms with Crippen molar-refractivity contribution in [2.75, 3.05) is 39.4 Å². The van der Waals surface area contributed by atoms with Crippen molar-refractivity contribution in [1.82, 2.24) is 0 Å². The maximum absolute atomic E-state index is 13.2. The number of amides is 1. The molecule has 0 aliphatic rings. The minimum absolute atomic E-state index is 0.0494. The van der Waals surface area contributed by atoms with E-state index in [2.05, 4.69) is 0 Å². The number of carbonyl (C=O) groups is 2. The van der Waals surface area contributed by atoms with E-state index in [0.29, 0.717) is 11.4 Å². The number of anilines is 1. The van der Waals surface area contributed by atoms with Crippen molar-refractivity contribution in [3.63, 3.8) is 0 Å². The summed E-state index contributed by atoms with van der Waals surface area (Å²) in [5, 5.41) is 8.84. The SMILES string of the molecule is COc1ccc(C(=O)OCC(=O)N(CCC#N)c2ccc(F)cc2)c(OC)c1OC. The summed E-state index contributed by atoms with van der Waals surface area (Å²) >= 11 is 0. The molecule has 0 heterocycles. The fourth-order valence-electron chi connectivity index (χ4n) is 2.73. The Morgan fingerprint density at radius 3 is 2.23 bits per heavy atom. The second kappa shape index (κ2) is 10.7. The molecule has 0 fully saturated rings. The Bertz CT molecular complexity index is 940. The summed E-state index contributed by atoms with van der Waals surface area (Å²) in [4.78, 5) is 26.4. The lowest BCUT2D eigenvalue weighted by molar-refractivity contribution is -0.121. The van der Waals surface area contributed by atoms with E-state index in [1.54, 1.807) is 0 Å². The topological polar surface area (TPSA) is 98.1 Å². The van der Waals surface area contributed by atoms with Crippen molar-refractivity contribution >= 4 is 17.6 Å². The Morgan fingerprint density at radius 2 is 1.67 bits per heavy atom. The minimum Gasteiger partial charge on any atom is -0.493 e. The number of hydrogen-bond acceptors (Lipinski definition) is 7. The second-order valence-electron chi connectivity index (χ2n) is 5.89. The fraction of sp³-hybridized carbons (Fsp3) is 0.286. The molecule has 158 valence electrons. The maximum Gasteiger partial charge on any atom is 0.342 e. The number of benzene rings is 2. The van der Waals surface area contributed by atoms with Crippen LogP contribution in [0.2, 0.25) is 0 Å². The van der Waals surface area contributed by atoms with Crippen LogP contribution in [0.4, 0.5) is 10.1 Å². The van der Waals surface area contributed by atoms with E-state index >= 15 is 0 Å². The van der Waals surface area contributed by atoms with Gasteiger partial charge < -0.3 is 23.8 Å². The van der Waals surface area contributed by atoms with Gasteiger partial charge in [-0.3, -0.25) is 4.79 Å². The first-order valence-corrected chi connectivity index (χ1v) is 8.85. The number of carbonyl (C=O) groups excluding carboxylic acids is 2. The standard InChI is InChI=1S/C21H21FN2O6/c1-27-17-10-9-16(19(28-2)20(17)29-3)21(26)30-13-18(25)24(12-4-11-23)15-7-5-14(22)6-8-15/h5-10H,4,12-13H2,1-3H3. The number of esters is 1. The van der Waals surface area contributed by atoms with Gasteiger partial charge in [-0.05, 0) is 36.4 Å². The zero-order valence-corrected chi connectivity index (χ0v) is 16.8. The number of nitrogens with zero attached hydrogens (tertiary/aromatic N) is 2. The van der Waals surface area contributed by atoms with Gasteiger partial charge in [0.05, 0.1) is 33.8 Å². The molecular formula is C21H21FN2O6. The summed E-state index contributed by atoms with van der Waals surface area (Å²) in [6, 6.07) is 10.1. The van der Waals surface area contributed by atoms with Gasteiger partial charge in [-0.25, -0.2) is 9.18 Å². The van der Waals surface area contributed by atoms with E-state index in [-0.39, 0.29) is 30.0 Å². The summed E-state index contributed by atoms with van der Waals surface area (Å²) < 4.78 is 34.0. The van der Waals surface area contributed by atoms with Crippen LogP contribution >= 0.6 is 0 Å². The smallest absolute Gasteiger partial charge is 0.342 e. The summed E-state index contributed by atoms with van der Waals surface area (Å²) in [6.45, 7) is -0.517. The van der Waals surface area contributed by atoms with E-state index in [0.717, 1.165) is 0 Å². The highest BCUT2D eigenvalue weighted by Crippen LogP contribution is 2.39. The van der Waals surface area contributed by atoms with Gasteiger partial charge in [0.1, 0.15) is 11.4 Å². The van der Waals surface area contributed by atoms with Crippen molar-refractivity contribution in [2.24, 2.45) is 0 Å². The van der Waals surface area contributed by atoms with Crippen molar-refractivity contribution in [3.05, 3.63) is 47.8 Å². The summed E-state index contributed by atoms with van der Waals surface area (Å²) in [7, 11) is 4.20. The molecule has 2 aromatic carbocycles. The number of methoxy groups -OCH3 is 3. The third kappa shape index (κ3) is 5.17. The van der Waals surface area contributed by atoms with E-state index in [9.17, 15) is 14.0 Å².